The third-order valence-corrected chi connectivity index (χ3v) is 4.85. The van der Waals surface area contributed by atoms with E-state index in [1.165, 1.54) is 36.4 Å². The number of phenolic OH excluding ortho intramolecular Hbond substituents is 2. The van der Waals surface area contributed by atoms with Gasteiger partial charge in [0.15, 0.2) is 6.10 Å². The molecular formula is C23H17F3O3. The first-order valence-electron chi connectivity index (χ1n) is 8.91. The molecule has 0 radical (unpaired) electrons. The molecular weight excluding hydrogens is 381 g/mol. The van der Waals surface area contributed by atoms with E-state index in [1.807, 2.05) is 19.1 Å². The Balaban J connectivity index is 2.05. The van der Waals surface area contributed by atoms with Crippen LogP contribution in [-0.2, 0) is 0 Å². The summed E-state index contributed by atoms with van der Waals surface area (Å²) in [5, 5.41) is 19.4. The Bertz CT molecular complexity index is 1080. The van der Waals surface area contributed by atoms with E-state index >= 15 is 0 Å². The molecule has 3 nitrogen and oxygen atoms in total. The monoisotopic (exact) mass is 398 g/mol. The molecule has 0 bridgehead atoms. The second-order valence-corrected chi connectivity index (χ2v) is 6.92. The molecule has 0 amide bonds. The van der Waals surface area contributed by atoms with Crippen molar-refractivity contribution in [2.45, 2.75) is 19.2 Å². The lowest BCUT2D eigenvalue weighted by molar-refractivity contribution is -0.0695. The van der Waals surface area contributed by atoms with Crippen LogP contribution in [-0.4, -0.2) is 16.4 Å². The maximum Gasteiger partial charge on any atom is 0.417 e. The average Bonchev–Trinajstić information content (AvgIpc) is 2.67. The normalized spacial score (nSPS) is 16.3. The molecule has 1 aliphatic rings. The zero-order valence-corrected chi connectivity index (χ0v) is 15.4. The summed E-state index contributed by atoms with van der Waals surface area (Å²) in [6.45, 7) is 1.89. The van der Waals surface area contributed by atoms with Crippen LogP contribution >= 0.6 is 0 Å². The molecule has 0 aliphatic carbocycles. The first-order chi connectivity index (χ1) is 13.7. The number of benzene rings is 3. The highest BCUT2D eigenvalue weighted by molar-refractivity contribution is 5.98. The Labute approximate surface area is 165 Å². The van der Waals surface area contributed by atoms with Crippen molar-refractivity contribution < 1.29 is 28.1 Å². The van der Waals surface area contributed by atoms with Crippen LogP contribution in [0.4, 0.5) is 13.2 Å². The largest absolute Gasteiger partial charge is 0.508 e. The predicted octanol–water partition coefficient (Wildman–Crippen LogP) is 6.01. The van der Waals surface area contributed by atoms with Gasteiger partial charge in [0.25, 0.3) is 0 Å². The van der Waals surface area contributed by atoms with Crippen LogP contribution in [0.1, 0.15) is 28.4 Å². The summed E-state index contributed by atoms with van der Waals surface area (Å²) in [6.07, 6.45) is -5.70. The van der Waals surface area contributed by atoms with Gasteiger partial charge in [-0.05, 0) is 48.4 Å². The van der Waals surface area contributed by atoms with Gasteiger partial charge in [-0.2, -0.15) is 13.2 Å². The highest BCUT2D eigenvalue weighted by Crippen LogP contribution is 2.52. The molecule has 3 aromatic rings. The maximum atomic E-state index is 14.3. The van der Waals surface area contributed by atoms with Crippen LogP contribution < -0.4 is 4.74 Å². The predicted molar refractivity (Wildman–Crippen MR) is 104 cm³/mol. The fourth-order valence-electron chi connectivity index (χ4n) is 3.50. The highest BCUT2D eigenvalue weighted by Gasteiger charge is 2.44. The van der Waals surface area contributed by atoms with Gasteiger partial charge < -0.3 is 14.9 Å². The van der Waals surface area contributed by atoms with Crippen molar-refractivity contribution >= 4 is 11.1 Å². The number of rotatable bonds is 2. The molecule has 0 saturated heterocycles. The van der Waals surface area contributed by atoms with Gasteiger partial charge in [0.1, 0.15) is 17.2 Å². The SMILES string of the molecule is Cc1ccc(C2Oc3ccc(O)cc3C(C(F)(F)F)=C2c2ccc(O)cc2)cc1. The summed E-state index contributed by atoms with van der Waals surface area (Å²) in [5.74, 6) is -0.291. The molecule has 0 aromatic heterocycles. The number of hydrogen-bond acceptors (Lipinski definition) is 3. The van der Waals surface area contributed by atoms with Crippen LogP contribution in [0.25, 0.3) is 11.1 Å². The van der Waals surface area contributed by atoms with E-state index in [9.17, 15) is 23.4 Å². The summed E-state index contributed by atoms with van der Waals surface area (Å²) in [6, 6.07) is 16.3. The molecule has 2 N–H and O–H groups in total. The van der Waals surface area contributed by atoms with E-state index < -0.39 is 17.9 Å². The number of fused-ring (bicyclic) bond motifs is 1. The summed E-state index contributed by atoms with van der Waals surface area (Å²) in [5.41, 5.74) is 0.657. The highest BCUT2D eigenvalue weighted by atomic mass is 19.4. The smallest absolute Gasteiger partial charge is 0.417 e. The standard InChI is InChI=1S/C23H17F3O3/c1-13-2-4-15(5-3-13)22-20(14-6-8-16(27)9-7-14)21(23(24,25)26)18-12-17(28)10-11-19(18)29-22/h2-12,22,27-28H,1H3. The number of alkyl halides is 3. The van der Waals surface area contributed by atoms with Gasteiger partial charge in [-0.25, -0.2) is 0 Å². The van der Waals surface area contributed by atoms with E-state index in [2.05, 4.69) is 0 Å². The number of aryl methyl sites for hydroxylation is 1. The number of allylic oxidation sites excluding steroid dienone is 1. The number of halogens is 3. The van der Waals surface area contributed by atoms with Crippen molar-refractivity contribution in [2.24, 2.45) is 0 Å². The minimum absolute atomic E-state index is 0.0447. The Morgan fingerprint density at radius 1 is 0.828 bits per heavy atom. The third kappa shape index (κ3) is 3.53. The van der Waals surface area contributed by atoms with E-state index in [4.69, 9.17) is 4.74 Å². The maximum absolute atomic E-state index is 14.3. The lowest BCUT2D eigenvalue weighted by Gasteiger charge is -2.33. The molecule has 1 heterocycles. The van der Waals surface area contributed by atoms with Crippen LogP contribution in [0, 0.1) is 6.92 Å². The van der Waals surface area contributed by atoms with Crippen molar-refractivity contribution in [3.05, 3.63) is 89.0 Å². The van der Waals surface area contributed by atoms with E-state index in [1.54, 1.807) is 12.1 Å². The zero-order chi connectivity index (χ0) is 20.8. The summed E-state index contributed by atoms with van der Waals surface area (Å²) >= 11 is 0. The Kier molecular flexibility index (Phi) is 4.49. The zero-order valence-electron chi connectivity index (χ0n) is 15.4. The summed E-state index contributed by atoms with van der Waals surface area (Å²) in [7, 11) is 0. The Morgan fingerprint density at radius 3 is 2.07 bits per heavy atom. The molecule has 6 heteroatoms. The average molecular weight is 398 g/mol. The second-order valence-electron chi connectivity index (χ2n) is 6.92. The first-order valence-corrected chi connectivity index (χ1v) is 8.91. The van der Waals surface area contributed by atoms with Gasteiger partial charge in [-0.1, -0.05) is 42.0 Å². The second kappa shape index (κ2) is 6.88. The van der Waals surface area contributed by atoms with Gasteiger partial charge >= 0.3 is 6.18 Å². The number of ether oxygens (including phenoxy) is 1. The van der Waals surface area contributed by atoms with E-state index in [0.717, 1.165) is 11.6 Å². The fraction of sp³-hybridized carbons (Fsp3) is 0.130. The van der Waals surface area contributed by atoms with Crippen LogP contribution in [0.5, 0.6) is 17.2 Å². The molecule has 29 heavy (non-hydrogen) atoms. The van der Waals surface area contributed by atoms with Gasteiger partial charge in [0.2, 0.25) is 0 Å². The molecule has 148 valence electrons. The van der Waals surface area contributed by atoms with Crippen LogP contribution in [0.3, 0.4) is 0 Å². The van der Waals surface area contributed by atoms with Crippen LogP contribution in [0.15, 0.2) is 66.7 Å². The van der Waals surface area contributed by atoms with Crippen LogP contribution in [0.2, 0.25) is 0 Å². The molecule has 1 atom stereocenters. The Hall–Kier alpha value is -3.41. The van der Waals surface area contributed by atoms with Crippen molar-refractivity contribution in [1.82, 2.24) is 0 Å². The minimum atomic E-state index is -4.69. The minimum Gasteiger partial charge on any atom is -0.508 e. The van der Waals surface area contributed by atoms with Crippen molar-refractivity contribution in [2.75, 3.05) is 0 Å². The van der Waals surface area contributed by atoms with Gasteiger partial charge in [0, 0.05) is 11.1 Å². The molecule has 0 fully saturated rings. The topological polar surface area (TPSA) is 49.7 Å². The number of hydrogen-bond donors (Lipinski definition) is 2. The van der Waals surface area contributed by atoms with Crippen molar-refractivity contribution in [3.63, 3.8) is 0 Å². The lowest BCUT2D eigenvalue weighted by atomic mass is 9.85. The van der Waals surface area contributed by atoms with Crippen molar-refractivity contribution in [3.8, 4) is 17.2 Å². The molecule has 1 aliphatic heterocycles. The molecule has 0 saturated carbocycles. The first kappa shape index (κ1) is 18.9. The summed E-state index contributed by atoms with van der Waals surface area (Å²) in [4.78, 5) is 0. The number of phenols is 2. The molecule has 0 spiro atoms. The van der Waals surface area contributed by atoms with Gasteiger partial charge in [-0.15, -0.1) is 0 Å². The quantitative estimate of drug-likeness (QED) is 0.556. The molecule has 1 unspecified atom stereocenters. The Morgan fingerprint density at radius 2 is 1.45 bits per heavy atom. The third-order valence-electron chi connectivity index (χ3n) is 4.85. The summed E-state index contributed by atoms with van der Waals surface area (Å²) < 4.78 is 48.8. The van der Waals surface area contributed by atoms with E-state index in [-0.39, 0.29) is 33.9 Å². The number of aromatic hydroxyl groups is 2. The lowest BCUT2D eigenvalue weighted by Crippen LogP contribution is -2.23. The van der Waals surface area contributed by atoms with E-state index in [0.29, 0.717) is 5.56 Å². The fourth-order valence-corrected chi connectivity index (χ4v) is 3.50. The van der Waals surface area contributed by atoms with Gasteiger partial charge in [-0.3, -0.25) is 0 Å². The molecule has 4 rings (SSSR count). The molecule has 3 aromatic carbocycles. The van der Waals surface area contributed by atoms with Crippen molar-refractivity contribution in [1.29, 1.82) is 0 Å². The van der Waals surface area contributed by atoms with Gasteiger partial charge in [0.05, 0.1) is 5.57 Å².